The maximum Gasteiger partial charge on any atom is 0.235 e. The van der Waals surface area contributed by atoms with Crippen molar-refractivity contribution in [2.24, 2.45) is 0 Å². The molecule has 0 aliphatic heterocycles. The van der Waals surface area contributed by atoms with Gasteiger partial charge >= 0.3 is 0 Å². The first-order valence-corrected chi connectivity index (χ1v) is 11.5. The average molecular weight is 425 g/mol. The molecule has 1 aromatic carbocycles. The van der Waals surface area contributed by atoms with Crippen molar-refractivity contribution < 1.29 is 9.21 Å². The number of nitrogens with zero attached hydrogens (tertiary/aromatic N) is 4. The fourth-order valence-electron chi connectivity index (χ4n) is 4.05. The van der Waals surface area contributed by atoms with Crippen molar-refractivity contribution in [1.82, 2.24) is 19.7 Å². The van der Waals surface area contributed by atoms with Crippen LogP contribution in [0.25, 0.3) is 11.6 Å². The first-order valence-electron chi connectivity index (χ1n) is 10.6. The Bertz CT molecular complexity index is 949. The van der Waals surface area contributed by atoms with Crippen LogP contribution >= 0.6 is 11.8 Å². The van der Waals surface area contributed by atoms with Gasteiger partial charge in [0.1, 0.15) is 0 Å². The van der Waals surface area contributed by atoms with Crippen LogP contribution in [-0.4, -0.2) is 37.9 Å². The fourth-order valence-corrected chi connectivity index (χ4v) is 5.09. The molecule has 30 heavy (non-hydrogen) atoms. The van der Waals surface area contributed by atoms with E-state index in [4.69, 9.17) is 4.42 Å². The van der Waals surface area contributed by atoms with Gasteiger partial charge in [-0.15, -0.1) is 10.2 Å². The molecule has 1 amide bonds. The van der Waals surface area contributed by atoms with Crippen LogP contribution in [0.5, 0.6) is 0 Å². The van der Waals surface area contributed by atoms with Crippen molar-refractivity contribution in [3.63, 3.8) is 0 Å². The Morgan fingerprint density at radius 3 is 2.63 bits per heavy atom. The van der Waals surface area contributed by atoms with E-state index < -0.39 is 0 Å². The molecule has 1 aliphatic carbocycles. The summed E-state index contributed by atoms with van der Waals surface area (Å²) in [5.74, 6) is 1.56. The van der Waals surface area contributed by atoms with E-state index in [1.165, 1.54) is 31.0 Å². The Balaban J connectivity index is 1.52. The van der Waals surface area contributed by atoms with Crippen LogP contribution < -0.4 is 0 Å². The largest absolute Gasteiger partial charge is 0.461 e. The van der Waals surface area contributed by atoms with Crippen LogP contribution in [0.2, 0.25) is 0 Å². The Hall–Kier alpha value is -2.54. The minimum Gasteiger partial charge on any atom is -0.461 e. The van der Waals surface area contributed by atoms with Crippen LogP contribution in [-0.2, 0) is 11.3 Å². The third kappa shape index (κ3) is 4.61. The second kappa shape index (κ2) is 9.51. The molecule has 1 fully saturated rings. The molecule has 1 unspecified atom stereocenters. The smallest absolute Gasteiger partial charge is 0.235 e. The highest BCUT2D eigenvalue weighted by Crippen LogP contribution is 2.36. The first-order chi connectivity index (χ1) is 14.6. The second-order valence-electron chi connectivity index (χ2n) is 7.89. The number of furan rings is 1. The summed E-state index contributed by atoms with van der Waals surface area (Å²) in [5, 5.41) is 9.43. The monoisotopic (exact) mass is 424 g/mol. The van der Waals surface area contributed by atoms with E-state index in [0.717, 1.165) is 35.1 Å². The lowest BCUT2D eigenvalue weighted by molar-refractivity contribution is -0.129. The van der Waals surface area contributed by atoms with Crippen LogP contribution in [0.3, 0.4) is 0 Å². The van der Waals surface area contributed by atoms with Crippen LogP contribution in [0.1, 0.15) is 50.6 Å². The number of hydrogen-bond donors (Lipinski definition) is 0. The van der Waals surface area contributed by atoms with Crippen molar-refractivity contribution in [3.05, 3.63) is 54.3 Å². The number of hydrogen-bond acceptors (Lipinski definition) is 5. The quantitative estimate of drug-likeness (QED) is 0.489. The Morgan fingerprint density at radius 2 is 1.93 bits per heavy atom. The normalized spacial score (nSPS) is 15.8. The summed E-state index contributed by atoms with van der Waals surface area (Å²) < 4.78 is 7.81. The summed E-state index contributed by atoms with van der Waals surface area (Å²) in [6.45, 7) is 2.54. The molecular formula is C23H28N4O2S. The molecule has 0 radical (unpaired) electrons. The number of benzene rings is 1. The molecule has 1 saturated carbocycles. The molecule has 3 aromatic rings. The van der Waals surface area contributed by atoms with Crippen molar-refractivity contribution in [1.29, 1.82) is 0 Å². The van der Waals surface area contributed by atoms with Crippen LogP contribution in [0, 0.1) is 0 Å². The minimum absolute atomic E-state index is 0.0848. The molecule has 1 atom stereocenters. The average Bonchev–Trinajstić information content (AvgIpc) is 3.44. The number of carbonyl (C=O) groups is 1. The molecule has 2 aromatic heterocycles. The maximum absolute atomic E-state index is 13.0. The predicted octanol–water partition coefficient (Wildman–Crippen LogP) is 5.18. The standard InChI is InChI=1S/C23H28N4O2S/c1-17(22(28)26(2)16-18-10-5-3-6-11-18)30-23-25-24-21(20-14-9-15-29-20)27(23)19-12-7-4-8-13-19/h3,5-6,9-11,14-15,17,19H,4,7-8,12-13,16H2,1-2H3. The van der Waals surface area contributed by atoms with Gasteiger partial charge in [-0.05, 0) is 37.5 Å². The zero-order chi connectivity index (χ0) is 20.9. The highest BCUT2D eigenvalue weighted by molar-refractivity contribution is 8.00. The van der Waals surface area contributed by atoms with Crippen molar-refractivity contribution in [3.8, 4) is 11.6 Å². The number of thioether (sulfide) groups is 1. The number of aromatic nitrogens is 3. The van der Waals surface area contributed by atoms with Gasteiger partial charge in [-0.3, -0.25) is 9.36 Å². The molecule has 0 N–H and O–H groups in total. The zero-order valence-corrected chi connectivity index (χ0v) is 18.3. The van der Waals surface area contributed by atoms with Gasteiger partial charge in [0.15, 0.2) is 10.9 Å². The first kappa shape index (κ1) is 20.7. The van der Waals surface area contributed by atoms with E-state index in [9.17, 15) is 4.79 Å². The summed E-state index contributed by atoms with van der Waals surface area (Å²) in [4.78, 5) is 14.8. The van der Waals surface area contributed by atoms with Gasteiger partial charge in [-0.2, -0.15) is 0 Å². The topological polar surface area (TPSA) is 64.2 Å². The van der Waals surface area contributed by atoms with Gasteiger partial charge in [0.25, 0.3) is 0 Å². The van der Waals surface area contributed by atoms with Gasteiger partial charge in [0.05, 0.1) is 11.5 Å². The van der Waals surface area contributed by atoms with E-state index in [1.54, 1.807) is 11.2 Å². The van der Waals surface area contributed by atoms with E-state index in [1.807, 2.05) is 56.4 Å². The Labute approximate surface area is 181 Å². The highest BCUT2D eigenvalue weighted by Gasteiger charge is 2.28. The van der Waals surface area contributed by atoms with Crippen molar-refractivity contribution in [2.45, 2.75) is 62.0 Å². The summed E-state index contributed by atoms with van der Waals surface area (Å²) in [5.41, 5.74) is 1.12. The molecule has 0 spiro atoms. The summed E-state index contributed by atoms with van der Waals surface area (Å²) in [6, 6.07) is 14.2. The molecule has 7 heteroatoms. The third-order valence-corrected chi connectivity index (χ3v) is 6.66. The van der Waals surface area contributed by atoms with Gasteiger partial charge in [-0.1, -0.05) is 61.4 Å². The molecule has 1 aliphatic rings. The van der Waals surface area contributed by atoms with E-state index in [0.29, 0.717) is 12.6 Å². The van der Waals surface area contributed by atoms with Crippen LogP contribution in [0.4, 0.5) is 0 Å². The lowest BCUT2D eigenvalue weighted by Gasteiger charge is -2.26. The molecule has 6 nitrogen and oxygen atoms in total. The summed E-state index contributed by atoms with van der Waals surface area (Å²) in [6.07, 6.45) is 7.56. The van der Waals surface area contributed by atoms with Crippen molar-refractivity contribution >= 4 is 17.7 Å². The molecule has 158 valence electrons. The van der Waals surface area contributed by atoms with Gasteiger partial charge in [0.2, 0.25) is 11.7 Å². The Morgan fingerprint density at radius 1 is 1.17 bits per heavy atom. The third-order valence-electron chi connectivity index (χ3n) is 5.61. The maximum atomic E-state index is 13.0. The van der Waals surface area contributed by atoms with Crippen molar-refractivity contribution in [2.75, 3.05) is 7.05 Å². The van der Waals surface area contributed by atoms with E-state index in [2.05, 4.69) is 14.8 Å². The lowest BCUT2D eigenvalue weighted by Crippen LogP contribution is -2.33. The molecule has 0 bridgehead atoms. The molecule has 2 heterocycles. The van der Waals surface area contributed by atoms with Gasteiger partial charge < -0.3 is 9.32 Å². The summed E-state index contributed by atoms with van der Waals surface area (Å²) in [7, 11) is 1.85. The molecule has 0 saturated heterocycles. The lowest BCUT2D eigenvalue weighted by atomic mass is 9.95. The van der Waals surface area contributed by atoms with E-state index >= 15 is 0 Å². The number of carbonyl (C=O) groups excluding carboxylic acids is 1. The fraction of sp³-hybridized carbons (Fsp3) is 0.435. The second-order valence-corrected chi connectivity index (χ2v) is 9.19. The van der Waals surface area contributed by atoms with Crippen LogP contribution in [0.15, 0.2) is 58.3 Å². The summed E-state index contributed by atoms with van der Waals surface area (Å²) >= 11 is 1.49. The zero-order valence-electron chi connectivity index (χ0n) is 17.5. The van der Waals surface area contributed by atoms with Gasteiger partial charge in [0, 0.05) is 19.6 Å². The predicted molar refractivity (Wildman–Crippen MR) is 118 cm³/mol. The van der Waals surface area contributed by atoms with E-state index in [-0.39, 0.29) is 11.2 Å². The highest BCUT2D eigenvalue weighted by atomic mass is 32.2. The SMILES string of the molecule is CC(Sc1nnc(-c2ccco2)n1C1CCCCC1)C(=O)N(C)Cc1ccccc1. The molecular weight excluding hydrogens is 396 g/mol. The van der Waals surface area contributed by atoms with Gasteiger partial charge in [-0.25, -0.2) is 0 Å². The molecule has 4 rings (SSSR count). The number of rotatable bonds is 7. The number of amides is 1. The minimum atomic E-state index is -0.255. The Kier molecular flexibility index (Phi) is 6.57.